The molecule has 0 bridgehead atoms. The summed E-state index contributed by atoms with van der Waals surface area (Å²) in [6.07, 6.45) is 0. The molecule has 3 aromatic heterocycles. The topological polar surface area (TPSA) is 43.6 Å². The summed E-state index contributed by atoms with van der Waals surface area (Å²) in [7, 11) is 0. The number of thiophene rings is 1. The van der Waals surface area contributed by atoms with Crippen molar-refractivity contribution < 1.29 is 0 Å². The van der Waals surface area contributed by atoms with Crippen LogP contribution in [0, 0.1) is 0 Å². The van der Waals surface area contributed by atoms with Crippen LogP contribution in [-0.2, 0) is 0 Å². The molecular formula is C45H26N4S. The third kappa shape index (κ3) is 3.95. The summed E-state index contributed by atoms with van der Waals surface area (Å²) >= 11 is 1.82. The fourth-order valence-corrected chi connectivity index (χ4v) is 9.00. The van der Waals surface area contributed by atoms with E-state index in [2.05, 4.69) is 144 Å². The lowest BCUT2D eigenvalue weighted by Gasteiger charge is -2.13. The smallest absolute Gasteiger partial charge is 0.238 e. The lowest BCUT2D eigenvalue weighted by atomic mass is 9.99. The van der Waals surface area contributed by atoms with Crippen LogP contribution in [0.4, 0.5) is 0 Å². The summed E-state index contributed by atoms with van der Waals surface area (Å²) in [5, 5.41) is 12.1. The van der Waals surface area contributed by atoms with Gasteiger partial charge in [0.05, 0.1) is 11.0 Å². The van der Waals surface area contributed by atoms with Crippen LogP contribution < -0.4 is 0 Å². The Morgan fingerprint density at radius 2 is 0.960 bits per heavy atom. The molecule has 8 aromatic carbocycles. The quantitative estimate of drug-likeness (QED) is 0.190. The molecule has 0 radical (unpaired) electrons. The molecule has 50 heavy (non-hydrogen) atoms. The van der Waals surface area contributed by atoms with Gasteiger partial charge in [0.25, 0.3) is 0 Å². The normalized spacial score (nSPS) is 12.0. The average molecular weight is 655 g/mol. The molecule has 0 amide bonds. The Balaban J connectivity index is 1.28. The fraction of sp³-hybridized carbons (Fsp3) is 0. The van der Waals surface area contributed by atoms with E-state index in [9.17, 15) is 0 Å². The summed E-state index contributed by atoms with van der Waals surface area (Å²) in [5.41, 5.74) is 4.07. The number of hydrogen-bond acceptors (Lipinski definition) is 4. The van der Waals surface area contributed by atoms with E-state index < -0.39 is 0 Å². The number of fused-ring (bicyclic) bond motifs is 12. The van der Waals surface area contributed by atoms with Gasteiger partial charge in [0.2, 0.25) is 5.95 Å². The maximum Gasteiger partial charge on any atom is 0.238 e. The minimum atomic E-state index is 0.597. The van der Waals surface area contributed by atoms with E-state index in [1.54, 1.807) is 0 Å². The highest BCUT2D eigenvalue weighted by Gasteiger charge is 2.22. The van der Waals surface area contributed by atoms with Crippen LogP contribution in [0.1, 0.15) is 0 Å². The zero-order chi connectivity index (χ0) is 32.8. The monoisotopic (exact) mass is 654 g/mol. The van der Waals surface area contributed by atoms with E-state index in [0.717, 1.165) is 27.5 Å². The number of benzene rings is 8. The minimum absolute atomic E-state index is 0.597. The number of hydrogen-bond donors (Lipinski definition) is 0. The van der Waals surface area contributed by atoms with Gasteiger partial charge in [0.15, 0.2) is 11.6 Å². The van der Waals surface area contributed by atoms with Gasteiger partial charge >= 0.3 is 0 Å². The third-order valence-electron chi connectivity index (χ3n) is 10.0. The van der Waals surface area contributed by atoms with E-state index >= 15 is 0 Å². The van der Waals surface area contributed by atoms with Gasteiger partial charge in [0.1, 0.15) is 0 Å². The molecule has 0 saturated carbocycles. The molecule has 11 rings (SSSR count). The molecule has 0 aliphatic rings. The molecule has 0 aliphatic heterocycles. The van der Waals surface area contributed by atoms with Crippen LogP contribution in [-0.4, -0.2) is 19.5 Å². The molecule has 0 atom stereocenters. The van der Waals surface area contributed by atoms with Gasteiger partial charge in [-0.3, -0.25) is 4.57 Å². The highest BCUT2D eigenvalue weighted by Crippen LogP contribution is 2.43. The predicted octanol–water partition coefficient (Wildman–Crippen LogP) is 12.1. The second-order valence-electron chi connectivity index (χ2n) is 12.8. The Morgan fingerprint density at radius 3 is 1.66 bits per heavy atom. The molecule has 0 N–H and O–H groups in total. The summed E-state index contributed by atoms with van der Waals surface area (Å²) in [4.78, 5) is 15.9. The van der Waals surface area contributed by atoms with Crippen LogP contribution >= 0.6 is 11.3 Å². The zero-order valence-electron chi connectivity index (χ0n) is 26.7. The van der Waals surface area contributed by atoms with Crippen LogP contribution in [0.2, 0.25) is 0 Å². The van der Waals surface area contributed by atoms with Crippen LogP contribution in [0.15, 0.2) is 158 Å². The number of nitrogens with zero attached hydrogens (tertiary/aromatic N) is 4. The average Bonchev–Trinajstić information content (AvgIpc) is 3.74. The second-order valence-corrected chi connectivity index (χ2v) is 13.9. The molecule has 0 unspecified atom stereocenters. The Morgan fingerprint density at radius 1 is 0.400 bits per heavy atom. The van der Waals surface area contributed by atoms with Crippen LogP contribution in [0.3, 0.4) is 0 Å². The Bertz CT molecular complexity index is 3060. The van der Waals surface area contributed by atoms with Crippen molar-refractivity contribution in [1.29, 1.82) is 0 Å². The van der Waals surface area contributed by atoms with Gasteiger partial charge in [-0.05, 0) is 56.6 Å². The van der Waals surface area contributed by atoms with Gasteiger partial charge < -0.3 is 0 Å². The first-order valence-corrected chi connectivity index (χ1v) is 17.6. The van der Waals surface area contributed by atoms with Crippen molar-refractivity contribution in [3.05, 3.63) is 158 Å². The Labute approximate surface area is 290 Å². The van der Waals surface area contributed by atoms with E-state index in [4.69, 9.17) is 15.0 Å². The zero-order valence-corrected chi connectivity index (χ0v) is 27.5. The first-order chi connectivity index (χ1) is 24.8. The maximum absolute atomic E-state index is 5.39. The fourth-order valence-electron chi connectivity index (χ4n) is 7.84. The van der Waals surface area contributed by atoms with Crippen molar-refractivity contribution in [3.8, 4) is 28.7 Å². The van der Waals surface area contributed by atoms with Gasteiger partial charge in [0, 0.05) is 42.1 Å². The van der Waals surface area contributed by atoms with Crippen molar-refractivity contribution in [2.24, 2.45) is 0 Å². The van der Waals surface area contributed by atoms with E-state index in [1.165, 1.54) is 57.9 Å². The molecule has 0 saturated heterocycles. The maximum atomic E-state index is 5.39. The second kappa shape index (κ2) is 10.5. The minimum Gasteiger partial charge on any atom is -0.278 e. The molecule has 11 aromatic rings. The summed E-state index contributed by atoms with van der Waals surface area (Å²) < 4.78 is 4.73. The van der Waals surface area contributed by atoms with Crippen molar-refractivity contribution in [3.63, 3.8) is 0 Å². The third-order valence-corrected chi connectivity index (χ3v) is 11.1. The standard InChI is InChI=1S/C45H26N4S/c1-2-14-29(15-3-1)43-46-44(35-26-39-40(33-19-9-8-18-32(33)35)34-20-10-11-21-38(34)50-39)48-45(47-43)49-36-24-22-27-12-4-6-16-30(27)41(36)42-31-17-7-5-13-28(31)23-25-37(42)49/h1-26H. The van der Waals surface area contributed by atoms with Crippen molar-refractivity contribution in [2.75, 3.05) is 0 Å². The van der Waals surface area contributed by atoms with Gasteiger partial charge in [-0.2, -0.15) is 9.97 Å². The summed E-state index contributed by atoms with van der Waals surface area (Å²) in [6, 6.07) is 56.0. The van der Waals surface area contributed by atoms with Crippen LogP contribution in [0.5, 0.6) is 0 Å². The first kappa shape index (κ1) is 27.5. The van der Waals surface area contributed by atoms with E-state index in [0.29, 0.717) is 17.6 Å². The molecule has 0 fully saturated rings. The Hall–Kier alpha value is -6.43. The molecule has 5 heteroatoms. The molecule has 0 spiro atoms. The predicted molar refractivity (Wildman–Crippen MR) is 210 cm³/mol. The van der Waals surface area contributed by atoms with Gasteiger partial charge in [-0.25, -0.2) is 4.98 Å². The van der Waals surface area contributed by atoms with Crippen molar-refractivity contribution in [1.82, 2.24) is 19.5 Å². The largest absolute Gasteiger partial charge is 0.278 e. The summed E-state index contributed by atoms with van der Waals surface area (Å²) in [5.74, 6) is 1.89. The molecule has 0 aliphatic carbocycles. The van der Waals surface area contributed by atoms with E-state index in [1.807, 2.05) is 29.5 Å². The lowest BCUT2D eigenvalue weighted by molar-refractivity contribution is 0.955. The SMILES string of the molecule is c1ccc(-c2nc(-c3cc4sc5ccccc5c4c4ccccc34)nc(-n3c4ccc5ccccc5c4c4c5ccccc5ccc43)n2)cc1. The lowest BCUT2D eigenvalue weighted by Crippen LogP contribution is -2.06. The molecular weight excluding hydrogens is 629 g/mol. The summed E-state index contributed by atoms with van der Waals surface area (Å²) in [6.45, 7) is 0. The van der Waals surface area contributed by atoms with Crippen molar-refractivity contribution >= 4 is 85.6 Å². The van der Waals surface area contributed by atoms with Gasteiger partial charge in [-0.1, -0.05) is 133 Å². The molecule has 3 heterocycles. The molecule has 4 nitrogen and oxygen atoms in total. The number of aromatic nitrogens is 4. The Kier molecular flexibility index (Phi) is 5.80. The number of rotatable bonds is 3. The van der Waals surface area contributed by atoms with Gasteiger partial charge in [-0.15, -0.1) is 11.3 Å². The first-order valence-electron chi connectivity index (χ1n) is 16.8. The highest BCUT2D eigenvalue weighted by molar-refractivity contribution is 7.26. The van der Waals surface area contributed by atoms with E-state index in [-0.39, 0.29) is 0 Å². The highest BCUT2D eigenvalue weighted by atomic mass is 32.1. The van der Waals surface area contributed by atoms with Crippen molar-refractivity contribution in [2.45, 2.75) is 0 Å². The van der Waals surface area contributed by atoms with Crippen LogP contribution in [0.25, 0.3) is 103 Å². The molecule has 232 valence electrons.